The Morgan fingerprint density at radius 1 is 0.396 bits per heavy atom. The highest BCUT2D eigenvalue weighted by atomic mass is 28.3. The van der Waals surface area contributed by atoms with Crippen LogP contribution in [0.4, 0.5) is 11.4 Å². The Balaban J connectivity index is 1.38. The number of hydrogen-bond donors (Lipinski definition) is 0. The Hall–Kier alpha value is -6.46. The van der Waals surface area contributed by atoms with Gasteiger partial charge in [-0.25, -0.2) is 9.69 Å². The van der Waals surface area contributed by atoms with Crippen LogP contribution in [0.15, 0.2) is 176 Å². The highest BCUT2D eigenvalue weighted by Gasteiger charge is 2.41. The third-order valence-electron chi connectivity index (χ3n) is 9.40. The molecule has 48 heavy (non-hydrogen) atoms. The van der Waals surface area contributed by atoms with Crippen molar-refractivity contribution in [2.24, 2.45) is 0 Å². The molecule has 7 aromatic carbocycles. The average molecular weight is 628 g/mol. The first-order valence-corrected chi connectivity index (χ1v) is 17.9. The molecule has 0 aliphatic heterocycles. The van der Waals surface area contributed by atoms with E-state index in [2.05, 4.69) is 172 Å². The molecule has 0 saturated carbocycles. The van der Waals surface area contributed by atoms with E-state index in [9.17, 15) is 0 Å². The molecule has 0 atom stereocenters. The molecule has 0 unspecified atom stereocenters. The summed E-state index contributed by atoms with van der Waals surface area (Å²) in [7, 11) is -2.83. The largest absolute Gasteiger partial charge is 0.311 e. The molecular weight excluding hydrogens is 599 g/mol. The maximum atomic E-state index is 8.34. The smallest absolute Gasteiger partial charge is 0.195 e. The molecule has 0 fully saturated rings. The Morgan fingerprint density at radius 3 is 1.38 bits per heavy atom. The average Bonchev–Trinajstić information content (AvgIpc) is 3.50. The molecule has 0 aliphatic rings. The van der Waals surface area contributed by atoms with E-state index >= 15 is 0 Å². The summed E-state index contributed by atoms with van der Waals surface area (Å²) in [6.45, 7) is 16.5. The summed E-state index contributed by atoms with van der Waals surface area (Å²) in [5.74, 6) is 0. The van der Waals surface area contributed by atoms with Gasteiger partial charge >= 0.3 is 0 Å². The Morgan fingerprint density at radius 2 is 0.875 bits per heavy atom. The number of nitrogens with zero attached hydrogens (tertiary/aromatic N) is 3. The zero-order chi connectivity index (χ0) is 32.5. The van der Waals surface area contributed by atoms with Crippen molar-refractivity contribution in [1.29, 1.82) is 0 Å². The predicted octanol–water partition coefficient (Wildman–Crippen LogP) is 8.93. The van der Waals surface area contributed by atoms with Gasteiger partial charge in [0, 0.05) is 16.5 Å². The van der Waals surface area contributed by atoms with Crippen LogP contribution in [0.1, 0.15) is 0 Å². The SMILES string of the molecule is [C-]#[N+]c1cc(-n2c3ccccc3c3ccccc32)ccc1-c1cc([Si](c2ccccc2)(c2ccccc2)c2ccccc2)ccc1[N+]#[C-]. The van der Waals surface area contributed by atoms with E-state index < -0.39 is 8.07 Å². The van der Waals surface area contributed by atoms with Gasteiger partial charge in [0.2, 0.25) is 0 Å². The van der Waals surface area contributed by atoms with E-state index in [4.69, 9.17) is 13.1 Å². The summed E-state index contributed by atoms with van der Waals surface area (Å²) < 4.78 is 2.23. The van der Waals surface area contributed by atoms with Crippen molar-refractivity contribution in [3.05, 3.63) is 199 Å². The van der Waals surface area contributed by atoms with Crippen molar-refractivity contribution in [2.45, 2.75) is 0 Å². The third-order valence-corrected chi connectivity index (χ3v) is 14.2. The number of fused-ring (bicyclic) bond motifs is 3. The number of benzene rings is 7. The highest BCUT2D eigenvalue weighted by Crippen LogP contribution is 2.40. The van der Waals surface area contributed by atoms with Gasteiger partial charge in [0.15, 0.2) is 19.4 Å². The lowest BCUT2D eigenvalue weighted by atomic mass is 10.0. The minimum Gasteiger partial charge on any atom is -0.311 e. The van der Waals surface area contributed by atoms with Gasteiger partial charge in [0.25, 0.3) is 0 Å². The summed E-state index contributed by atoms with van der Waals surface area (Å²) >= 11 is 0. The van der Waals surface area contributed by atoms with Crippen LogP contribution in [0.2, 0.25) is 0 Å². The van der Waals surface area contributed by atoms with E-state index in [0.29, 0.717) is 11.4 Å². The molecule has 8 aromatic rings. The first kappa shape index (κ1) is 29.0. The zero-order valence-corrected chi connectivity index (χ0v) is 27.1. The molecule has 224 valence electrons. The molecule has 8 rings (SSSR count). The van der Waals surface area contributed by atoms with Crippen molar-refractivity contribution in [3.8, 4) is 16.8 Å². The summed E-state index contributed by atoms with van der Waals surface area (Å²) in [5, 5.41) is 7.29. The van der Waals surface area contributed by atoms with Crippen molar-refractivity contribution >= 4 is 62.0 Å². The lowest BCUT2D eigenvalue weighted by molar-refractivity contribution is 1.18. The zero-order valence-electron chi connectivity index (χ0n) is 26.1. The van der Waals surface area contributed by atoms with Crippen LogP contribution in [0, 0.1) is 13.1 Å². The molecule has 0 spiro atoms. The van der Waals surface area contributed by atoms with Crippen molar-refractivity contribution in [2.75, 3.05) is 0 Å². The molecule has 1 heterocycles. The quantitative estimate of drug-likeness (QED) is 0.0993. The van der Waals surface area contributed by atoms with Gasteiger partial charge in [-0.05, 0) is 56.1 Å². The fourth-order valence-corrected chi connectivity index (χ4v) is 12.1. The van der Waals surface area contributed by atoms with Crippen molar-refractivity contribution in [3.63, 3.8) is 0 Å². The number of para-hydroxylation sites is 2. The second kappa shape index (κ2) is 12.0. The maximum absolute atomic E-state index is 8.34. The first-order valence-electron chi connectivity index (χ1n) is 15.9. The van der Waals surface area contributed by atoms with Crippen LogP contribution in [-0.2, 0) is 0 Å². The molecule has 0 saturated heterocycles. The molecule has 0 aliphatic carbocycles. The topological polar surface area (TPSA) is 13.6 Å². The highest BCUT2D eigenvalue weighted by molar-refractivity contribution is 7.19. The minimum atomic E-state index is -2.83. The summed E-state index contributed by atoms with van der Waals surface area (Å²) in [6.07, 6.45) is 0. The second-order valence-corrected chi connectivity index (χ2v) is 15.7. The van der Waals surface area contributed by atoms with E-state index in [0.717, 1.165) is 33.0 Å². The van der Waals surface area contributed by atoms with Gasteiger partial charge in [0.05, 0.1) is 24.2 Å². The summed E-state index contributed by atoms with van der Waals surface area (Å²) in [6, 6.07) is 61.4. The van der Waals surface area contributed by atoms with Gasteiger partial charge < -0.3 is 4.57 Å². The van der Waals surface area contributed by atoms with Crippen LogP contribution >= 0.6 is 0 Å². The van der Waals surface area contributed by atoms with Crippen LogP contribution in [0.25, 0.3) is 48.3 Å². The lowest BCUT2D eigenvalue weighted by Gasteiger charge is -2.35. The second-order valence-electron chi connectivity index (χ2n) is 11.9. The van der Waals surface area contributed by atoms with Crippen molar-refractivity contribution < 1.29 is 0 Å². The molecule has 0 radical (unpaired) electrons. The van der Waals surface area contributed by atoms with E-state index in [1.807, 2.05) is 18.2 Å². The Kier molecular flexibility index (Phi) is 7.27. The fraction of sp³-hybridized carbons (Fsp3) is 0. The van der Waals surface area contributed by atoms with E-state index in [1.54, 1.807) is 0 Å². The van der Waals surface area contributed by atoms with Gasteiger partial charge in [-0.15, -0.1) is 0 Å². The standard InChI is InChI=1S/C44H29N3Si/c1-45-41-29-27-36(48(33-16-6-3-7-17-33,34-18-8-4-9-19-34)35-20-10-5-11-21-35)31-40(41)37-28-26-32(30-42(37)46-2)47-43-24-14-12-22-38(43)39-23-13-15-25-44(39)47/h3-31H. The van der Waals surface area contributed by atoms with Gasteiger partial charge in [-0.2, -0.15) is 0 Å². The van der Waals surface area contributed by atoms with Crippen molar-refractivity contribution in [1.82, 2.24) is 4.57 Å². The molecule has 0 bridgehead atoms. The summed E-state index contributed by atoms with van der Waals surface area (Å²) in [4.78, 5) is 8.04. The van der Waals surface area contributed by atoms with Gasteiger partial charge in [-0.3, -0.25) is 0 Å². The lowest BCUT2D eigenvalue weighted by Crippen LogP contribution is -2.74. The Bertz CT molecular complexity index is 2370. The number of aromatic nitrogens is 1. The molecule has 4 heteroatoms. The first-order chi connectivity index (χ1) is 23.7. The third kappa shape index (κ3) is 4.55. The van der Waals surface area contributed by atoms with E-state index in [-0.39, 0.29) is 0 Å². The van der Waals surface area contributed by atoms with Crippen LogP contribution < -0.4 is 20.7 Å². The van der Waals surface area contributed by atoms with Gasteiger partial charge in [-0.1, -0.05) is 152 Å². The number of rotatable bonds is 6. The minimum absolute atomic E-state index is 0.516. The van der Waals surface area contributed by atoms with E-state index in [1.165, 1.54) is 26.3 Å². The fourth-order valence-electron chi connectivity index (χ4n) is 7.33. The van der Waals surface area contributed by atoms with Crippen LogP contribution in [0.5, 0.6) is 0 Å². The van der Waals surface area contributed by atoms with Gasteiger partial charge in [0.1, 0.15) is 0 Å². The van der Waals surface area contributed by atoms with Crippen LogP contribution in [0.3, 0.4) is 0 Å². The molecular formula is C44H29N3Si. The van der Waals surface area contributed by atoms with Crippen LogP contribution in [-0.4, -0.2) is 12.6 Å². The molecule has 1 aromatic heterocycles. The normalized spacial score (nSPS) is 11.3. The Labute approximate surface area is 281 Å². The predicted molar refractivity (Wildman–Crippen MR) is 202 cm³/mol. The maximum Gasteiger partial charge on any atom is 0.195 e. The monoisotopic (exact) mass is 627 g/mol. The summed E-state index contributed by atoms with van der Waals surface area (Å²) in [5.41, 5.74) is 5.70. The molecule has 3 nitrogen and oxygen atoms in total. The molecule has 0 amide bonds. The molecule has 0 N–H and O–H groups in total. The number of hydrogen-bond acceptors (Lipinski definition) is 0.